The molecule has 0 unspecified atom stereocenters. The van der Waals surface area contributed by atoms with Crippen molar-refractivity contribution in [3.8, 4) is 0 Å². The fraction of sp³-hybridized carbons (Fsp3) is 0.579. The number of halogens is 1. The van der Waals surface area contributed by atoms with Gasteiger partial charge in [0.25, 0.3) is 0 Å². The number of nitrogens with zero attached hydrogens (tertiary/aromatic N) is 1. The maximum absolute atomic E-state index is 12.3. The highest BCUT2D eigenvalue weighted by atomic mass is 35.5. The summed E-state index contributed by atoms with van der Waals surface area (Å²) < 4.78 is 0. The summed E-state index contributed by atoms with van der Waals surface area (Å²) in [5.41, 5.74) is 7.76. The predicted molar refractivity (Wildman–Crippen MR) is 102 cm³/mol. The first-order valence-electron chi connectivity index (χ1n) is 9.06. The van der Waals surface area contributed by atoms with Crippen molar-refractivity contribution in [2.24, 2.45) is 17.6 Å². The predicted octanol–water partition coefficient (Wildman–Crippen LogP) is 2.62. The molecule has 1 saturated heterocycles. The van der Waals surface area contributed by atoms with E-state index >= 15 is 0 Å². The van der Waals surface area contributed by atoms with Crippen LogP contribution in [0.15, 0.2) is 24.3 Å². The van der Waals surface area contributed by atoms with E-state index < -0.39 is 0 Å². The van der Waals surface area contributed by atoms with Crippen molar-refractivity contribution in [2.75, 3.05) is 18.0 Å². The summed E-state index contributed by atoms with van der Waals surface area (Å²) in [6.45, 7) is 1.93. The summed E-state index contributed by atoms with van der Waals surface area (Å²) in [4.78, 5) is 26.1. The van der Waals surface area contributed by atoms with Gasteiger partial charge in [-0.1, -0.05) is 18.6 Å². The zero-order valence-corrected chi connectivity index (χ0v) is 15.4. The molecule has 138 valence electrons. The van der Waals surface area contributed by atoms with Crippen LogP contribution >= 0.6 is 12.4 Å². The van der Waals surface area contributed by atoms with Crippen molar-refractivity contribution in [2.45, 2.75) is 45.1 Å². The Morgan fingerprint density at radius 3 is 2.60 bits per heavy atom. The molecule has 1 heterocycles. The Hall–Kier alpha value is -1.59. The highest BCUT2D eigenvalue weighted by Crippen LogP contribution is 2.31. The van der Waals surface area contributed by atoms with E-state index in [1.54, 1.807) is 0 Å². The summed E-state index contributed by atoms with van der Waals surface area (Å²) in [5.74, 6) is 0.729. The van der Waals surface area contributed by atoms with Crippen LogP contribution in [0.2, 0.25) is 0 Å². The first-order chi connectivity index (χ1) is 11.7. The molecule has 3 N–H and O–H groups in total. The lowest BCUT2D eigenvalue weighted by Gasteiger charge is -2.27. The van der Waals surface area contributed by atoms with Crippen LogP contribution in [-0.2, 0) is 16.1 Å². The molecule has 5 nitrogen and oxygen atoms in total. The van der Waals surface area contributed by atoms with Crippen LogP contribution in [0.25, 0.3) is 0 Å². The molecule has 2 fully saturated rings. The molecule has 1 aliphatic carbocycles. The third-order valence-electron chi connectivity index (χ3n) is 5.34. The van der Waals surface area contributed by atoms with Gasteiger partial charge in [-0.05, 0) is 55.8 Å². The number of piperidine rings is 1. The molecule has 1 aliphatic heterocycles. The minimum absolute atomic E-state index is 0. The number of nitrogens with two attached hydrogens (primary N) is 1. The van der Waals surface area contributed by atoms with Crippen LogP contribution < -0.4 is 16.0 Å². The third kappa shape index (κ3) is 4.73. The van der Waals surface area contributed by atoms with Gasteiger partial charge in [-0.15, -0.1) is 12.4 Å². The first-order valence-corrected chi connectivity index (χ1v) is 9.06. The zero-order valence-electron chi connectivity index (χ0n) is 14.6. The molecule has 1 aromatic rings. The number of rotatable bonds is 5. The smallest absolute Gasteiger partial charge is 0.226 e. The fourth-order valence-electron chi connectivity index (χ4n) is 3.86. The lowest BCUT2D eigenvalue weighted by atomic mass is 9.95. The number of benzene rings is 1. The SMILES string of the molecule is Cl.NC[C@H]1CCC[C@H]1C(=O)NCc1ccc(N2CCCCC2=O)cc1. The second kappa shape index (κ2) is 9.20. The lowest BCUT2D eigenvalue weighted by Crippen LogP contribution is -2.35. The van der Waals surface area contributed by atoms with Gasteiger partial charge in [0, 0.05) is 31.1 Å². The summed E-state index contributed by atoms with van der Waals surface area (Å²) in [6, 6.07) is 7.94. The van der Waals surface area contributed by atoms with Crippen LogP contribution in [-0.4, -0.2) is 24.9 Å². The Kier molecular flexibility index (Phi) is 7.26. The zero-order chi connectivity index (χ0) is 16.9. The number of carbonyl (C=O) groups is 2. The third-order valence-corrected chi connectivity index (χ3v) is 5.34. The highest BCUT2D eigenvalue weighted by molar-refractivity contribution is 5.93. The van der Waals surface area contributed by atoms with Gasteiger partial charge in [0.15, 0.2) is 0 Å². The van der Waals surface area contributed by atoms with Crippen LogP contribution in [0.4, 0.5) is 5.69 Å². The molecule has 0 spiro atoms. The van der Waals surface area contributed by atoms with Crippen molar-refractivity contribution >= 4 is 29.9 Å². The maximum atomic E-state index is 12.3. The van der Waals surface area contributed by atoms with Gasteiger partial charge in [0.05, 0.1) is 0 Å². The molecule has 2 atom stereocenters. The Bertz CT molecular complexity index is 591. The summed E-state index contributed by atoms with van der Waals surface area (Å²) in [7, 11) is 0. The van der Waals surface area contributed by atoms with Gasteiger partial charge in [-0.2, -0.15) is 0 Å². The van der Waals surface area contributed by atoms with Crippen molar-refractivity contribution in [1.82, 2.24) is 5.32 Å². The second-order valence-corrected chi connectivity index (χ2v) is 6.92. The Morgan fingerprint density at radius 2 is 1.92 bits per heavy atom. The van der Waals surface area contributed by atoms with Gasteiger partial charge in [0.2, 0.25) is 11.8 Å². The summed E-state index contributed by atoms with van der Waals surface area (Å²) in [5, 5.41) is 3.04. The molecular formula is C19H28ClN3O2. The Balaban J connectivity index is 0.00000225. The standard InChI is InChI=1S/C19H27N3O2.ClH/c20-12-15-4-3-5-17(15)19(24)21-13-14-7-9-16(10-8-14)22-11-2-1-6-18(22)23;/h7-10,15,17H,1-6,11-13,20H2,(H,21,24);1H/t15-,17-;/m1./s1. The molecule has 1 saturated carbocycles. The Labute approximate surface area is 155 Å². The van der Waals surface area contributed by atoms with Crippen molar-refractivity contribution < 1.29 is 9.59 Å². The van der Waals surface area contributed by atoms with Crippen LogP contribution in [0, 0.1) is 11.8 Å². The molecule has 0 aromatic heterocycles. The van der Waals surface area contributed by atoms with Gasteiger partial charge in [-0.25, -0.2) is 0 Å². The molecule has 2 amide bonds. The van der Waals surface area contributed by atoms with Crippen LogP contribution in [0.1, 0.15) is 44.1 Å². The molecule has 0 radical (unpaired) electrons. The molecule has 2 aliphatic rings. The van der Waals surface area contributed by atoms with E-state index in [2.05, 4.69) is 5.32 Å². The minimum Gasteiger partial charge on any atom is -0.352 e. The average Bonchev–Trinajstić information content (AvgIpc) is 3.09. The monoisotopic (exact) mass is 365 g/mol. The van der Waals surface area contributed by atoms with E-state index in [0.717, 1.165) is 49.9 Å². The van der Waals surface area contributed by atoms with E-state index in [1.807, 2.05) is 29.2 Å². The number of hydrogen-bond acceptors (Lipinski definition) is 3. The largest absolute Gasteiger partial charge is 0.352 e. The lowest BCUT2D eigenvalue weighted by molar-refractivity contribution is -0.126. The fourth-order valence-corrected chi connectivity index (χ4v) is 3.86. The molecule has 25 heavy (non-hydrogen) atoms. The maximum Gasteiger partial charge on any atom is 0.226 e. The van der Waals surface area contributed by atoms with Crippen LogP contribution in [0.3, 0.4) is 0 Å². The topological polar surface area (TPSA) is 75.4 Å². The van der Waals surface area contributed by atoms with Gasteiger partial charge in [-0.3, -0.25) is 9.59 Å². The second-order valence-electron chi connectivity index (χ2n) is 6.92. The van der Waals surface area contributed by atoms with E-state index in [0.29, 0.717) is 25.4 Å². The van der Waals surface area contributed by atoms with E-state index in [4.69, 9.17) is 5.73 Å². The van der Waals surface area contributed by atoms with Gasteiger partial charge in [0.1, 0.15) is 0 Å². The van der Waals surface area contributed by atoms with Crippen molar-refractivity contribution in [3.05, 3.63) is 29.8 Å². The van der Waals surface area contributed by atoms with E-state index in [9.17, 15) is 9.59 Å². The van der Waals surface area contributed by atoms with Gasteiger partial charge < -0.3 is 16.0 Å². The molecule has 6 heteroatoms. The normalized spacial score (nSPS) is 23.2. The first kappa shape index (κ1) is 19.7. The highest BCUT2D eigenvalue weighted by Gasteiger charge is 2.31. The van der Waals surface area contributed by atoms with E-state index in [1.165, 1.54) is 0 Å². The molecule has 3 rings (SSSR count). The van der Waals surface area contributed by atoms with Crippen molar-refractivity contribution in [3.63, 3.8) is 0 Å². The average molecular weight is 366 g/mol. The number of anilines is 1. The molecule has 1 aromatic carbocycles. The number of carbonyl (C=O) groups excluding carboxylic acids is 2. The number of amides is 2. The summed E-state index contributed by atoms with van der Waals surface area (Å²) in [6.07, 6.45) is 5.80. The van der Waals surface area contributed by atoms with Gasteiger partial charge >= 0.3 is 0 Å². The summed E-state index contributed by atoms with van der Waals surface area (Å²) >= 11 is 0. The molecular weight excluding hydrogens is 338 g/mol. The van der Waals surface area contributed by atoms with Crippen LogP contribution in [0.5, 0.6) is 0 Å². The number of nitrogens with one attached hydrogen (secondary N) is 1. The van der Waals surface area contributed by atoms with Crippen molar-refractivity contribution in [1.29, 1.82) is 0 Å². The number of hydrogen-bond donors (Lipinski definition) is 2. The Morgan fingerprint density at radius 1 is 1.16 bits per heavy atom. The van der Waals surface area contributed by atoms with E-state index in [-0.39, 0.29) is 30.1 Å². The quantitative estimate of drug-likeness (QED) is 0.842. The molecule has 0 bridgehead atoms. The minimum atomic E-state index is 0.